The van der Waals surface area contributed by atoms with E-state index in [2.05, 4.69) is 4.98 Å². The van der Waals surface area contributed by atoms with Crippen LogP contribution in [-0.2, 0) is 6.18 Å². The molecule has 2 rings (SSSR count). The molecule has 0 aliphatic carbocycles. The minimum atomic E-state index is -4.32. The Morgan fingerprint density at radius 2 is 1.65 bits per heavy atom. The van der Waals surface area contributed by atoms with Crippen LogP contribution in [0.1, 0.15) is 5.56 Å². The summed E-state index contributed by atoms with van der Waals surface area (Å²) < 4.78 is 37.1. The second-order valence-corrected chi connectivity index (χ2v) is 3.54. The molecule has 88 valence electrons. The van der Waals surface area contributed by atoms with Crippen molar-refractivity contribution in [2.75, 3.05) is 5.73 Å². The third-order valence-electron chi connectivity index (χ3n) is 2.38. The molecule has 0 unspecified atom stereocenters. The largest absolute Gasteiger partial charge is 0.416 e. The van der Waals surface area contributed by atoms with Gasteiger partial charge in [0.15, 0.2) is 0 Å². The van der Waals surface area contributed by atoms with E-state index >= 15 is 0 Å². The SMILES string of the molecule is Nc1ccncc1-c1ccc(C(F)(F)F)cc1. The first-order chi connectivity index (χ1) is 7.98. The Hall–Kier alpha value is -2.04. The number of nitrogen functional groups attached to an aromatic ring is 1. The number of hydrogen-bond donors (Lipinski definition) is 1. The molecule has 0 amide bonds. The van der Waals surface area contributed by atoms with Crippen LogP contribution >= 0.6 is 0 Å². The van der Waals surface area contributed by atoms with Crippen LogP contribution in [0.15, 0.2) is 42.7 Å². The van der Waals surface area contributed by atoms with Crippen LogP contribution in [0.2, 0.25) is 0 Å². The fourth-order valence-electron chi connectivity index (χ4n) is 1.49. The number of nitrogens with two attached hydrogens (primary N) is 1. The molecule has 2 aromatic rings. The number of benzene rings is 1. The van der Waals surface area contributed by atoms with Crippen molar-refractivity contribution in [2.24, 2.45) is 0 Å². The average Bonchev–Trinajstić information content (AvgIpc) is 2.29. The number of pyridine rings is 1. The summed E-state index contributed by atoms with van der Waals surface area (Å²) in [5.41, 5.74) is 6.76. The molecule has 0 saturated carbocycles. The molecule has 0 aliphatic heterocycles. The van der Waals surface area contributed by atoms with Crippen LogP contribution in [0.3, 0.4) is 0 Å². The number of hydrogen-bond acceptors (Lipinski definition) is 2. The molecule has 1 aromatic carbocycles. The maximum absolute atomic E-state index is 12.4. The second kappa shape index (κ2) is 4.08. The molecule has 2 N–H and O–H groups in total. The fourth-order valence-corrected chi connectivity index (χ4v) is 1.49. The lowest BCUT2D eigenvalue weighted by Gasteiger charge is -2.08. The summed E-state index contributed by atoms with van der Waals surface area (Å²) in [5.74, 6) is 0. The van der Waals surface area contributed by atoms with Crippen molar-refractivity contribution in [1.82, 2.24) is 4.98 Å². The van der Waals surface area contributed by atoms with Gasteiger partial charge in [-0.1, -0.05) is 12.1 Å². The summed E-state index contributed by atoms with van der Waals surface area (Å²) in [4.78, 5) is 3.89. The lowest BCUT2D eigenvalue weighted by Crippen LogP contribution is -2.04. The minimum absolute atomic E-state index is 0.486. The first-order valence-electron chi connectivity index (χ1n) is 4.85. The van der Waals surface area contributed by atoms with Crippen LogP contribution in [0.5, 0.6) is 0 Å². The molecular weight excluding hydrogens is 229 g/mol. The number of halogens is 3. The molecule has 0 atom stereocenters. The highest BCUT2D eigenvalue weighted by atomic mass is 19.4. The molecule has 0 aliphatic rings. The Balaban J connectivity index is 2.40. The molecule has 17 heavy (non-hydrogen) atoms. The van der Waals surface area contributed by atoms with Crippen molar-refractivity contribution in [3.05, 3.63) is 48.3 Å². The van der Waals surface area contributed by atoms with E-state index in [9.17, 15) is 13.2 Å². The summed E-state index contributed by atoms with van der Waals surface area (Å²) in [5, 5.41) is 0. The first kappa shape index (κ1) is 11.4. The Bertz CT molecular complexity index is 518. The number of rotatable bonds is 1. The average molecular weight is 238 g/mol. The second-order valence-electron chi connectivity index (χ2n) is 3.54. The van der Waals surface area contributed by atoms with Crippen molar-refractivity contribution < 1.29 is 13.2 Å². The Morgan fingerprint density at radius 1 is 1.00 bits per heavy atom. The fraction of sp³-hybridized carbons (Fsp3) is 0.0833. The van der Waals surface area contributed by atoms with Gasteiger partial charge < -0.3 is 5.73 Å². The van der Waals surface area contributed by atoms with Crippen LogP contribution in [0, 0.1) is 0 Å². The predicted octanol–water partition coefficient (Wildman–Crippen LogP) is 3.35. The normalized spacial score (nSPS) is 11.5. The lowest BCUT2D eigenvalue weighted by atomic mass is 10.0. The van der Waals surface area contributed by atoms with E-state index < -0.39 is 11.7 Å². The molecule has 0 radical (unpaired) electrons. The molecule has 5 heteroatoms. The van der Waals surface area contributed by atoms with Gasteiger partial charge in [0, 0.05) is 23.6 Å². The van der Waals surface area contributed by atoms with Gasteiger partial charge in [-0.05, 0) is 23.8 Å². The van der Waals surface area contributed by atoms with Crippen LogP contribution in [0.25, 0.3) is 11.1 Å². The molecule has 1 heterocycles. The van der Waals surface area contributed by atoms with Gasteiger partial charge >= 0.3 is 6.18 Å². The monoisotopic (exact) mass is 238 g/mol. The van der Waals surface area contributed by atoms with Gasteiger partial charge in [-0.2, -0.15) is 13.2 Å². The number of aromatic nitrogens is 1. The van der Waals surface area contributed by atoms with Crippen LogP contribution in [-0.4, -0.2) is 4.98 Å². The van der Waals surface area contributed by atoms with Crippen LogP contribution < -0.4 is 5.73 Å². The van der Waals surface area contributed by atoms with E-state index in [4.69, 9.17) is 5.73 Å². The maximum atomic E-state index is 12.4. The molecule has 1 aromatic heterocycles. The maximum Gasteiger partial charge on any atom is 0.416 e. The quantitative estimate of drug-likeness (QED) is 0.827. The summed E-state index contributed by atoms with van der Waals surface area (Å²) in [7, 11) is 0. The summed E-state index contributed by atoms with van der Waals surface area (Å²) in [6, 6.07) is 6.43. The molecular formula is C12H9F3N2. The van der Waals surface area contributed by atoms with Crippen molar-refractivity contribution in [3.8, 4) is 11.1 Å². The summed E-state index contributed by atoms with van der Waals surface area (Å²) in [6.45, 7) is 0. The van der Waals surface area contributed by atoms with E-state index in [1.165, 1.54) is 24.5 Å². The Kier molecular flexibility index (Phi) is 2.75. The van der Waals surface area contributed by atoms with Gasteiger partial charge in [-0.25, -0.2) is 0 Å². The number of alkyl halides is 3. The van der Waals surface area contributed by atoms with Gasteiger partial charge in [-0.15, -0.1) is 0 Å². The van der Waals surface area contributed by atoms with Gasteiger partial charge in [-0.3, -0.25) is 4.98 Å². The van der Waals surface area contributed by atoms with E-state index in [0.29, 0.717) is 16.8 Å². The third-order valence-corrected chi connectivity index (χ3v) is 2.38. The lowest BCUT2D eigenvalue weighted by molar-refractivity contribution is -0.137. The zero-order chi connectivity index (χ0) is 12.5. The zero-order valence-corrected chi connectivity index (χ0v) is 8.70. The van der Waals surface area contributed by atoms with Crippen molar-refractivity contribution in [2.45, 2.75) is 6.18 Å². The summed E-state index contributed by atoms with van der Waals surface area (Å²) >= 11 is 0. The van der Waals surface area contributed by atoms with Crippen LogP contribution in [0.4, 0.5) is 18.9 Å². The highest BCUT2D eigenvalue weighted by molar-refractivity contribution is 5.75. The standard InChI is InChI=1S/C12H9F3N2/c13-12(14,15)9-3-1-8(2-4-9)10-7-17-6-5-11(10)16/h1-7H,(H2,16,17). The Morgan fingerprint density at radius 3 is 2.18 bits per heavy atom. The third kappa shape index (κ3) is 2.38. The van der Waals surface area contributed by atoms with E-state index in [0.717, 1.165) is 12.1 Å². The topological polar surface area (TPSA) is 38.9 Å². The van der Waals surface area contributed by atoms with Crippen molar-refractivity contribution in [3.63, 3.8) is 0 Å². The Labute approximate surface area is 95.9 Å². The molecule has 0 saturated heterocycles. The van der Waals surface area contributed by atoms with E-state index in [-0.39, 0.29) is 0 Å². The highest BCUT2D eigenvalue weighted by Gasteiger charge is 2.29. The highest BCUT2D eigenvalue weighted by Crippen LogP contribution is 2.31. The smallest absolute Gasteiger partial charge is 0.398 e. The molecule has 0 fully saturated rings. The van der Waals surface area contributed by atoms with Gasteiger partial charge in [0.05, 0.1) is 5.56 Å². The molecule has 0 spiro atoms. The van der Waals surface area contributed by atoms with Crippen molar-refractivity contribution >= 4 is 5.69 Å². The zero-order valence-electron chi connectivity index (χ0n) is 8.70. The van der Waals surface area contributed by atoms with Gasteiger partial charge in [0.2, 0.25) is 0 Å². The van der Waals surface area contributed by atoms with Gasteiger partial charge in [0.25, 0.3) is 0 Å². The number of nitrogens with zero attached hydrogens (tertiary/aromatic N) is 1. The van der Waals surface area contributed by atoms with E-state index in [1.807, 2.05) is 0 Å². The van der Waals surface area contributed by atoms with Crippen molar-refractivity contribution in [1.29, 1.82) is 0 Å². The van der Waals surface area contributed by atoms with Gasteiger partial charge in [0.1, 0.15) is 0 Å². The predicted molar refractivity (Wildman–Crippen MR) is 59.1 cm³/mol. The summed E-state index contributed by atoms with van der Waals surface area (Å²) in [6.07, 6.45) is -1.26. The minimum Gasteiger partial charge on any atom is -0.398 e. The first-order valence-corrected chi connectivity index (χ1v) is 4.85. The van der Waals surface area contributed by atoms with E-state index in [1.54, 1.807) is 6.07 Å². The number of anilines is 1. The molecule has 0 bridgehead atoms. The molecule has 2 nitrogen and oxygen atoms in total.